The molecule has 5 heteroatoms. The van der Waals surface area contributed by atoms with Crippen LogP contribution in [0.4, 0.5) is 0 Å². The highest BCUT2D eigenvalue weighted by atomic mass is 16.5. The van der Waals surface area contributed by atoms with Crippen molar-refractivity contribution in [2.24, 2.45) is 5.41 Å². The van der Waals surface area contributed by atoms with E-state index in [1.807, 2.05) is 35.3 Å². The van der Waals surface area contributed by atoms with Gasteiger partial charge in [0.15, 0.2) is 0 Å². The number of carbonyl (C=O) groups excluding carboxylic acids is 1. The Hall–Kier alpha value is -2.14. The molecule has 0 radical (unpaired) electrons. The van der Waals surface area contributed by atoms with Crippen molar-refractivity contribution in [3.05, 3.63) is 54.6 Å². The summed E-state index contributed by atoms with van der Waals surface area (Å²) in [5, 5.41) is 3.27. The Morgan fingerprint density at radius 1 is 1.38 bits per heavy atom. The summed E-state index contributed by atoms with van der Waals surface area (Å²) >= 11 is 0. The van der Waals surface area contributed by atoms with Crippen LogP contribution in [0.5, 0.6) is 0 Å². The van der Waals surface area contributed by atoms with Crippen molar-refractivity contribution in [2.45, 2.75) is 38.3 Å². The first-order valence-electron chi connectivity index (χ1n) is 8.54. The first-order chi connectivity index (χ1) is 11.7. The highest BCUT2D eigenvalue weighted by molar-refractivity contribution is 5.84. The molecule has 1 N–H and O–H groups in total. The maximum absolute atomic E-state index is 12.9. The van der Waals surface area contributed by atoms with Gasteiger partial charge in [-0.25, -0.2) is 4.98 Å². The van der Waals surface area contributed by atoms with Crippen LogP contribution in [0.15, 0.2) is 49.1 Å². The average Bonchev–Trinajstić information content (AvgIpc) is 3.09. The van der Waals surface area contributed by atoms with Crippen LogP contribution in [-0.2, 0) is 16.1 Å². The number of nitrogens with one attached hydrogen (secondary N) is 1. The molecule has 1 saturated carbocycles. The summed E-state index contributed by atoms with van der Waals surface area (Å²) < 4.78 is 7.34. The van der Waals surface area contributed by atoms with Crippen LogP contribution in [0.2, 0.25) is 0 Å². The Morgan fingerprint density at radius 2 is 2.17 bits per heavy atom. The molecular weight excluding hydrogens is 302 g/mol. The van der Waals surface area contributed by atoms with Gasteiger partial charge < -0.3 is 14.6 Å². The van der Waals surface area contributed by atoms with Gasteiger partial charge in [0.1, 0.15) is 0 Å². The summed E-state index contributed by atoms with van der Waals surface area (Å²) in [6, 6.07) is 10.2. The third kappa shape index (κ3) is 3.67. The molecule has 0 aliphatic heterocycles. The van der Waals surface area contributed by atoms with Gasteiger partial charge >= 0.3 is 0 Å². The molecule has 1 aliphatic carbocycles. The van der Waals surface area contributed by atoms with E-state index < -0.39 is 0 Å². The predicted octanol–water partition coefficient (Wildman–Crippen LogP) is 2.95. The van der Waals surface area contributed by atoms with Crippen molar-refractivity contribution >= 4 is 5.91 Å². The van der Waals surface area contributed by atoms with E-state index in [1.165, 1.54) is 0 Å². The normalized spacial score (nSPS) is 17.0. The van der Waals surface area contributed by atoms with Crippen molar-refractivity contribution in [1.29, 1.82) is 0 Å². The Kier molecular flexibility index (Phi) is 5.30. The topological polar surface area (TPSA) is 56.1 Å². The first kappa shape index (κ1) is 16.7. The smallest absolute Gasteiger partial charge is 0.229 e. The van der Waals surface area contributed by atoms with Crippen LogP contribution in [0.25, 0.3) is 0 Å². The molecule has 1 aliphatic rings. The molecule has 1 amide bonds. The van der Waals surface area contributed by atoms with Gasteiger partial charge in [-0.05, 0) is 24.8 Å². The van der Waals surface area contributed by atoms with E-state index in [-0.39, 0.29) is 17.4 Å². The van der Waals surface area contributed by atoms with E-state index in [0.29, 0.717) is 6.61 Å². The van der Waals surface area contributed by atoms with Gasteiger partial charge in [-0.2, -0.15) is 0 Å². The summed E-state index contributed by atoms with van der Waals surface area (Å²) in [6.45, 7) is 1.32. The molecule has 0 bridgehead atoms. The minimum Gasteiger partial charge on any atom is -0.384 e. The fraction of sp³-hybridized carbons (Fsp3) is 0.474. The molecule has 24 heavy (non-hydrogen) atoms. The van der Waals surface area contributed by atoms with Crippen LogP contribution in [-0.4, -0.2) is 29.2 Å². The van der Waals surface area contributed by atoms with Crippen molar-refractivity contribution in [3.8, 4) is 0 Å². The van der Waals surface area contributed by atoms with E-state index in [9.17, 15) is 4.79 Å². The van der Waals surface area contributed by atoms with E-state index in [1.54, 1.807) is 13.3 Å². The number of nitrogens with zero attached hydrogens (tertiary/aromatic N) is 2. The largest absolute Gasteiger partial charge is 0.384 e. The van der Waals surface area contributed by atoms with E-state index >= 15 is 0 Å². The second kappa shape index (κ2) is 7.62. The lowest BCUT2D eigenvalue weighted by Crippen LogP contribution is -2.49. The molecule has 1 aromatic carbocycles. The zero-order chi connectivity index (χ0) is 16.8. The van der Waals surface area contributed by atoms with Crippen LogP contribution in [0.1, 0.15) is 37.3 Å². The van der Waals surface area contributed by atoms with Crippen LogP contribution in [0.3, 0.4) is 0 Å². The Labute approximate surface area is 143 Å². The highest BCUT2D eigenvalue weighted by Crippen LogP contribution is 2.41. The number of hydrogen-bond acceptors (Lipinski definition) is 3. The van der Waals surface area contributed by atoms with E-state index in [4.69, 9.17) is 4.74 Å². The molecule has 0 saturated heterocycles. The lowest BCUT2D eigenvalue weighted by molar-refractivity contribution is -0.141. The molecule has 3 rings (SSSR count). The first-order valence-corrected chi connectivity index (χ1v) is 8.54. The number of rotatable bonds is 8. The molecule has 1 unspecified atom stereocenters. The number of hydrogen-bond donors (Lipinski definition) is 1. The average molecular weight is 327 g/mol. The SMILES string of the molecule is COCC1(C(=O)NC(CCn2ccnc2)c2ccccc2)CCC1. The van der Waals surface area contributed by atoms with Gasteiger partial charge in [0.2, 0.25) is 5.91 Å². The van der Waals surface area contributed by atoms with Crippen LogP contribution in [0, 0.1) is 5.41 Å². The number of benzene rings is 1. The van der Waals surface area contributed by atoms with Crippen LogP contribution >= 0.6 is 0 Å². The minimum atomic E-state index is -0.337. The van der Waals surface area contributed by atoms with Crippen molar-refractivity contribution < 1.29 is 9.53 Å². The summed E-state index contributed by atoms with van der Waals surface area (Å²) in [5.74, 6) is 0.120. The second-order valence-corrected chi connectivity index (χ2v) is 6.59. The van der Waals surface area contributed by atoms with E-state index in [0.717, 1.165) is 37.8 Å². The van der Waals surface area contributed by atoms with Gasteiger partial charge in [0, 0.05) is 26.0 Å². The van der Waals surface area contributed by atoms with Crippen molar-refractivity contribution in [2.75, 3.05) is 13.7 Å². The monoisotopic (exact) mass is 327 g/mol. The molecule has 1 aromatic heterocycles. The Morgan fingerprint density at radius 3 is 2.75 bits per heavy atom. The fourth-order valence-corrected chi connectivity index (χ4v) is 3.33. The van der Waals surface area contributed by atoms with Gasteiger partial charge in [0.05, 0.1) is 24.4 Å². The summed E-state index contributed by atoms with van der Waals surface area (Å²) in [6.07, 6.45) is 9.28. The third-order valence-corrected chi connectivity index (χ3v) is 4.96. The van der Waals surface area contributed by atoms with Gasteiger partial charge in [-0.3, -0.25) is 4.79 Å². The maximum atomic E-state index is 12.9. The lowest BCUT2D eigenvalue weighted by atomic mass is 9.68. The molecular formula is C19H25N3O2. The lowest BCUT2D eigenvalue weighted by Gasteiger charge is -2.40. The van der Waals surface area contributed by atoms with Gasteiger partial charge in [-0.1, -0.05) is 36.8 Å². The number of aryl methyl sites for hydroxylation is 1. The molecule has 1 fully saturated rings. The predicted molar refractivity (Wildman–Crippen MR) is 92.3 cm³/mol. The van der Waals surface area contributed by atoms with Crippen LogP contribution < -0.4 is 5.32 Å². The highest BCUT2D eigenvalue weighted by Gasteiger charge is 2.44. The number of carbonyl (C=O) groups is 1. The Bertz CT molecular complexity index is 636. The summed E-state index contributed by atoms with van der Waals surface area (Å²) in [7, 11) is 1.67. The quantitative estimate of drug-likeness (QED) is 0.811. The number of methoxy groups -OCH3 is 1. The maximum Gasteiger partial charge on any atom is 0.229 e. The van der Waals surface area contributed by atoms with Gasteiger partial charge in [0.25, 0.3) is 0 Å². The number of aromatic nitrogens is 2. The Balaban J connectivity index is 1.70. The molecule has 5 nitrogen and oxygen atoms in total. The molecule has 2 aromatic rings. The minimum absolute atomic E-state index is 0.00423. The zero-order valence-electron chi connectivity index (χ0n) is 14.1. The van der Waals surface area contributed by atoms with E-state index in [2.05, 4.69) is 22.4 Å². The standard InChI is InChI=1S/C19H25N3O2/c1-24-14-19(9-5-10-19)18(23)21-17(16-6-3-2-4-7-16)8-12-22-13-11-20-15-22/h2-4,6-7,11,13,15,17H,5,8-10,12,14H2,1H3,(H,21,23). The van der Waals surface area contributed by atoms with Crippen molar-refractivity contribution in [1.82, 2.24) is 14.9 Å². The number of imidazole rings is 1. The zero-order valence-corrected chi connectivity index (χ0v) is 14.1. The second-order valence-electron chi connectivity index (χ2n) is 6.59. The summed E-state index contributed by atoms with van der Waals surface area (Å²) in [5.41, 5.74) is 0.800. The number of amides is 1. The fourth-order valence-electron chi connectivity index (χ4n) is 3.33. The molecule has 0 spiro atoms. The molecule has 128 valence electrons. The summed E-state index contributed by atoms with van der Waals surface area (Å²) in [4.78, 5) is 17.0. The molecule has 1 heterocycles. The third-order valence-electron chi connectivity index (χ3n) is 4.96. The number of ether oxygens (including phenoxy) is 1. The molecule has 1 atom stereocenters. The van der Waals surface area contributed by atoms with Crippen molar-refractivity contribution in [3.63, 3.8) is 0 Å². The van der Waals surface area contributed by atoms with Gasteiger partial charge in [-0.15, -0.1) is 0 Å².